The van der Waals surface area contributed by atoms with Crippen molar-refractivity contribution in [2.75, 3.05) is 11.1 Å². The molecule has 1 saturated carbocycles. The first-order valence-electron chi connectivity index (χ1n) is 6.59. The van der Waals surface area contributed by atoms with E-state index < -0.39 is 0 Å². The van der Waals surface area contributed by atoms with E-state index in [1.807, 2.05) is 0 Å². The Labute approximate surface area is 116 Å². The summed E-state index contributed by atoms with van der Waals surface area (Å²) in [6, 6.07) is 8.97. The number of rotatable bonds is 4. The fraction of sp³-hybridized carbons (Fsp3) is 0.500. The topological polar surface area (TPSA) is 24.9 Å². The molecule has 2 unspecified atom stereocenters. The number of fused-ring (bicyclic) bond motifs is 1. The van der Waals surface area contributed by atoms with Gasteiger partial charge < -0.3 is 5.32 Å². The molecule has 1 aromatic heterocycles. The van der Waals surface area contributed by atoms with Gasteiger partial charge in [-0.25, -0.2) is 4.98 Å². The van der Waals surface area contributed by atoms with E-state index in [0.717, 1.165) is 15.9 Å². The number of thiazole rings is 1. The maximum Gasteiger partial charge on any atom is 0.184 e. The predicted molar refractivity (Wildman–Crippen MR) is 82.8 cm³/mol. The molecule has 1 heterocycles. The van der Waals surface area contributed by atoms with E-state index in [-0.39, 0.29) is 0 Å². The molecule has 2 atom stereocenters. The Kier molecular flexibility index (Phi) is 3.75. The first-order chi connectivity index (χ1) is 8.85. The van der Waals surface area contributed by atoms with E-state index in [0.29, 0.717) is 6.04 Å². The van der Waals surface area contributed by atoms with Crippen LogP contribution in [0.2, 0.25) is 0 Å². The normalized spacial score (nSPS) is 23.6. The number of aromatic nitrogens is 1. The highest BCUT2D eigenvalue weighted by Gasteiger charge is 2.24. The summed E-state index contributed by atoms with van der Waals surface area (Å²) in [6.07, 6.45) is 3.92. The van der Waals surface area contributed by atoms with E-state index in [9.17, 15) is 0 Å². The highest BCUT2D eigenvalue weighted by molar-refractivity contribution is 7.99. The van der Waals surface area contributed by atoms with Crippen molar-refractivity contribution >= 4 is 38.4 Å². The predicted octanol–water partition coefficient (Wildman–Crippen LogP) is 4.38. The average Bonchev–Trinajstić information content (AvgIpc) is 2.96. The van der Waals surface area contributed by atoms with Crippen LogP contribution in [0.1, 0.15) is 26.2 Å². The van der Waals surface area contributed by atoms with Crippen LogP contribution in [0.3, 0.4) is 0 Å². The van der Waals surface area contributed by atoms with Crippen LogP contribution in [-0.4, -0.2) is 22.0 Å². The van der Waals surface area contributed by atoms with Crippen LogP contribution in [0, 0.1) is 0 Å². The molecule has 0 bridgehead atoms. The zero-order valence-corrected chi connectivity index (χ0v) is 12.2. The Balaban J connectivity index is 1.66. The molecule has 4 heteroatoms. The van der Waals surface area contributed by atoms with Gasteiger partial charge in [0.25, 0.3) is 0 Å². The third-order valence-corrected chi connectivity index (χ3v) is 5.61. The smallest absolute Gasteiger partial charge is 0.184 e. The lowest BCUT2D eigenvalue weighted by molar-refractivity contribution is 0.756. The summed E-state index contributed by atoms with van der Waals surface area (Å²) in [5.41, 5.74) is 1.11. The Morgan fingerprint density at radius 1 is 1.39 bits per heavy atom. The molecule has 2 aromatic rings. The van der Waals surface area contributed by atoms with Crippen LogP contribution in [0.5, 0.6) is 0 Å². The van der Waals surface area contributed by atoms with Gasteiger partial charge in [0, 0.05) is 11.3 Å². The number of thioether (sulfide) groups is 1. The molecule has 0 saturated heterocycles. The number of nitrogens with zero attached hydrogens (tertiary/aromatic N) is 1. The minimum Gasteiger partial charge on any atom is -0.359 e. The molecule has 0 radical (unpaired) electrons. The maximum atomic E-state index is 4.65. The number of nitrogens with one attached hydrogen (secondary N) is 1. The summed E-state index contributed by atoms with van der Waals surface area (Å²) < 4.78 is 1.28. The summed E-state index contributed by atoms with van der Waals surface area (Å²) in [7, 11) is 0. The van der Waals surface area contributed by atoms with Crippen molar-refractivity contribution in [3.63, 3.8) is 0 Å². The van der Waals surface area contributed by atoms with Gasteiger partial charge in [0.1, 0.15) is 0 Å². The summed E-state index contributed by atoms with van der Waals surface area (Å²) in [5.74, 6) is 1.23. The van der Waals surface area contributed by atoms with Crippen molar-refractivity contribution in [1.82, 2.24) is 4.98 Å². The number of hydrogen-bond donors (Lipinski definition) is 1. The Morgan fingerprint density at radius 3 is 3.11 bits per heavy atom. The SMILES string of the molecule is CCSC1CCC(Nc2nc3ccccc3s2)C1. The molecule has 96 valence electrons. The Bertz CT molecular complexity index is 490. The van der Waals surface area contributed by atoms with Gasteiger partial charge in [0.15, 0.2) is 5.13 Å². The third kappa shape index (κ3) is 2.64. The van der Waals surface area contributed by atoms with Gasteiger partial charge in [0.05, 0.1) is 10.2 Å². The molecule has 1 N–H and O–H groups in total. The first kappa shape index (κ1) is 12.3. The fourth-order valence-electron chi connectivity index (χ4n) is 2.57. The van der Waals surface area contributed by atoms with E-state index in [4.69, 9.17) is 0 Å². The summed E-state index contributed by atoms with van der Waals surface area (Å²) >= 11 is 3.87. The van der Waals surface area contributed by atoms with Crippen molar-refractivity contribution in [2.45, 2.75) is 37.5 Å². The second-order valence-electron chi connectivity index (χ2n) is 4.72. The van der Waals surface area contributed by atoms with Crippen molar-refractivity contribution in [1.29, 1.82) is 0 Å². The molecule has 1 fully saturated rings. The zero-order valence-electron chi connectivity index (χ0n) is 10.6. The molecule has 1 aliphatic rings. The van der Waals surface area contributed by atoms with Gasteiger partial charge in [0.2, 0.25) is 0 Å². The molecule has 0 spiro atoms. The van der Waals surface area contributed by atoms with Crippen LogP contribution >= 0.6 is 23.1 Å². The van der Waals surface area contributed by atoms with Gasteiger partial charge in [-0.1, -0.05) is 30.4 Å². The third-order valence-electron chi connectivity index (χ3n) is 3.41. The van der Waals surface area contributed by atoms with E-state index in [1.54, 1.807) is 11.3 Å². The lowest BCUT2D eigenvalue weighted by atomic mass is 10.3. The highest BCUT2D eigenvalue weighted by Crippen LogP contribution is 2.33. The molecule has 3 rings (SSSR count). The molecule has 18 heavy (non-hydrogen) atoms. The number of benzene rings is 1. The first-order valence-corrected chi connectivity index (χ1v) is 8.45. The van der Waals surface area contributed by atoms with Crippen LogP contribution in [0.15, 0.2) is 24.3 Å². The van der Waals surface area contributed by atoms with Crippen LogP contribution in [-0.2, 0) is 0 Å². The quantitative estimate of drug-likeness (QED) is 0.898. The number of anilines is 1. The molecular weight excluding hydrogens is 260 g/mol. The van der Waals surface area contributed by atoms with E-state index in [1.165, 1.54) is 29.7 Å². The van der Waals surface area contributed by atoms with Crippen LogP contribution in [0.4, 0.5) is 5.13 Å². The maximum absolute atomic E-state index is 4.65. The standard InChI is InChI=1S/C14H18N2S2/c1-2-17-11-8-7-10(9-11)15-14-16-12-5-3-4-6-13(12)18-14/h3-6,10-11H,2,7-9H2,1H3,(H,15,16). The molecule has 0 amide bonds. The second kappa shape index (κ2) is 5.49. The summed E-state index contributed by atoms with van der Waals surface area (Å²) in [4.78, 5) is 4.65. The van der Waals surface area contributed by atoms with Crippen molar-refractivity contribution in [2.24, 2.45) is 0 Å². The van der Waals surface area contributed by atoms with Gasteiger partial charge in [-0.05, 0) is 37.1 Å². The lowest BCUT2D eigenvalue weighted by Crippen LogP contribution is -2.15. The molecule has 1 aliphatic carbocycles. The minimum atomic E-state index is 0.620. The van der Waals surface area contributed by atoms with E-state index >= 15 is 0 Å². The number of hydrogen-bond acceptors (Lipinski definition) is 4. The lowest BCUT2D eigenvalue weighted by Gasteiger charge is -2.11. The molecule has 2 nitrogen and oxygen atoms in total. The zero-order chi connectivity index (χ0) is 12.4. The monoisotopic (exact) mass is 278 g/mol. The van der Waals surface area contributed by atoms with Gasteiger partial charge in [-0.3, -0.25) is 0 Å². The van der Waals surface area contributed by atoms with Gasteiger partial charge in [-0.15, -0.1) is 0 Å². The largest absolute Gasteiger partial charge is 0.359 e. The molecule has 1 aromatic carbocycles. The van der Waals surface area contributed by atoms with Crippen molar-refractivity contribution in [3.8, 4) is 0 Å². The molecule has 0 aliphatic heterocycles. The Morgan fingerprint density at radius 2 is 2.28 bits per heavy atom. The van der Waals surface area contributed by atoms with Crippen LogP contribution in [0.25, 0.3) is 10.2 Å². The van der Waals surface area contributed by atoms with Gasteiger partial charge in [-0.2, -0.15) is 11.8 Å². The minimum absolute atomic E-state index is 0.620. The van der Waals surface area contributed by atoms with E-state index in [2.05, 4.69) is 53.3 Å². The fourth-order valence-corrected chi connectivity index (χ4v) is 4.65. The molecular formula is C14H18N2S2. The highest BCUT2D eigenvalue weighted by atomic mass is 32.2. The van der Waals surface area contributed by atoms with Crippen molar-refractivity contribution < 1.29 is 0 Å². The number of para-hydroxylation sites is 1. The second-order valence-corrected chi connectivity index (χ2v) is 7.33. The Hall–Kier alpha value is -0.740. The van der Waals surface area contributed by atoms with Gasteiger partial charge >= 0.3 is 0 Å². The average molecular weight is 278 g/mol. The van der Waals surface area contributed by atoms with Crippen LogP contribution < -0.4 is 5.32 Å². The van der Waals surface area contributed by atoms with Crippen molar-refractivity contribution in [3.05, 3.63) is 24.3 Å². The summed E-state index contributed by atoms with van der Waals surface area (Å²) in [6.45, 7) is 2.25. The summed E-state index contributed by atoms with van der Waals surface area (Å²) in [5, 5.41) is 5.55.